The molecular weight excluding hydrogens is 358 g/mol. The topological polar surface area (TPSA) is 127 Å². The van der Waals surface area contributed by atoms with Crippen LogP contribution in [0, 0.1) is 0 Å². The van der Waals surface area contributed by atoms with Gasteiger partial charge >= 0.3 is 59.1 Å². The van der Waals surface area contributed by atoms with Crippen molar-refractivity contribution in [3.05, 3.63) is 48.0 Å². The van der Waals surface area contributed by atoms with Gasteiger partial charge in [-0.1, -0.05) is 0 Å². The molecule has 2 rings (SSSR count). The number of carbonyl (C=O) groups excluding carboxylic acids is 1. The fourth-order valence-electron chi connectivity index (χ4n) is 1.49. The van der Waals surface area contributed by atoms with E-state index in [0.29, 0.717) is 10.6 Å². The summed E-state index contributed by atoms with van der Waals surface area (Å²) in [6, 6.07) is 10.2. The number of carbonyl (C=O) groups is 1. The van der Waals surface area contributed by atoms with Crippen LogP contribution < -0.4 is 69.5 Å². The van der Waals surface area contributed by atoms with Gasteiger partial charge in [-0.25, -0.2) is 0 Å². The van der Waals surface area contributed by atoms with Gasteiger partial charge in [0.1, 0.15) is 5.75 Å². The Morgan fingerprint density at radius 3 is 2.21 bits per heavy atom. The molecule has 0 spiro atoms. The first-order chi connectivity index (χ1) is 10.6. The van der Waals surface area contributed by atoms with E-state index >= 15 is 0 Å². The molecule has 0 unspecified atom stereocenters. The van der Waals surface area contributed by atoms with E-state index in [1.165, 1.54) is 12.1 Å². The number of hydrogen-bond acceptors (Lipinski definition) is 9. The van der Waals surface area contributed by atoms with Crippen LogP contribution in [0.4, 0.5) is 11.4 Å². The molecule has 24 heavy (non-hydrogen) atoms. The maximum absolute atomic E-state index is 10.8. The summed E-state index contributed by atoms with van der Waals surface area (Å²) in [6.07, 6.45) is 0. The second-order valence-electron chi connectivity index (χ2n) is 3.90. The second kappa shape index (κ2) is 12.0. The number of phenols is 1. The van der Waals surface area contributed by atoms with Crippen molar-refractivity contribution in [2.45, 2.75) is 4.90 Å². The van der Waals surface area contributed by atoms with Crippen molar-refractivity contribution in [3.63, 3.8) is 0 Å². The van der Waals surface area contributed by atoms with Gasteiger partial charge in [0.05, 0.1) is 29.4 Å². The van der Waals surface area contributed by atoms with Gasteiger partial charge in [-0.05, 0) is 42.5 Å². The van der Waals surface area contributed by atoms with Crippen molar-refractivity contribution in [1.29, 1.82) is 0 Å². The van der Waals surface area contributed by atoms with Crippen molar-refractivity contribution < 1.29 is 88.8 Å². The van der Waals surface area contributed by atoms with E-state index < -0.39 is 11.7 Å². The molecule has 0 atom stereocenters. The van der Waals surface area contributed by atoms with E-state index in [1.807, 2.05) is 0 Å². The van der Waals surface area contributed by atoms with Crippen molar-refractivity contribution in [3.8, 4) is 5.75 Å². The number of benzene rings is 2. The SMILES string of the molecule is O=C([O-])c1cc(N=Nc2ccc(SOO[O-])cc2)ccc1O.[Na+].[Na+]. The monoisotopic (exact) mass is 366 g/mol. The van der Waals surface area contributed by atoms with Gasteiger partial charge in [0, 0.05) is 10.5 Å². The van der Waals surface area contributed by atoms with Crippen LogP contribution in [0.1, 0.15) is 10.4 Å². The van der Waals surface area contributed by atoms with Gasteiger partial charge in [0.25, 0.3) is 0 Å². The standard InChI is InChI=1S/C13H10N2O6S.2Na/c16-12-6-3-9(7-11(12)13(17)18)15-14-8-1-4-10(5-2-8)22-21-20-19;;/h1-7,16,19H,(H,17,18);;/q;2*+1/p-2. The number of rotatable bonds is 6. The summed E-state index contributed by atoms with van der Waals surface area (Å²) >= 11 is 0.743. The zero-order chi connectivity index (χ0) is 15.9. The number of azo groups is 1. The maximum Gasteiger partial charge on any atom is 1.00 e. The molecule has 0 bridgehead atoms. The Hall–Kier alpha value is -0.460. The van der Waals surface area contributed by atoms with Gasteiger partial charge in [-0.15, -0.1) is 0 Å². The Bertz CT molecular complexity index is 699. The molecule has 0 amide bonds. The summed E-state index contributed by atoms with van der Waals surface area (Å²) in [5.41, 5.74) is 0.381. The van der Waals surface area contributed by atoms with Crippen molar-refractivity contribution in [2.24, 2.45) is 10.2 Å². The fourth-order valence-corrected chi connectivity index (χ4v) is 1.84. The van der Waals surface area contributed by atoms with Crippen LogP contribution in [-0.2, 0) is 9.37 Å². The number of carboxylic acids is 1. The van der Waals surface area contributed by atoms with E-state index in [0.717, 1.165) is 18.1 Å². The van der Waals surface area contributed by atoms with Crippen molar-refractivity contribution in [2.75, 3.05) is 0 Å². The molecule has 0 aliphatic heterocycles. The van der Waals surface area contributed by atoms with E-state index in [2.05, 4.69) is 19.6 Å². The van der Waals surface area contributed by atoms with E-state index in [-0.39, 0.29) is 70.4 Å². The third kappa shape index (κ3) is 7.19. The van der Waals surface area contributed by atoms with E-state index in [4.69, 9.17) is 0 Å². The molecule has 8 nitrogen and oxygen atoms in total. The predicted octanol–water partition coefficient (Wildman–Crippen LogP) is -4.59. The quantitative estimate of drug-likeness (QED) is 0.179. The summed E-state index contributed by atoms with van der Waals surface area (Å²) in [6.45, 7) is 0. The van der Waals surface area contributed by atoms with Crippen LogP contribution in [0.15, 0.2) is 57.6 Å². The molecule has 114 valence electrons. The number of hydrogen-bond donors (Lipinski definition) is 1. The van der Waals surface area contributed by atoms with Crippen LogP contribution in [0.3, 0.4) is 0 Å². The van der Waals surface area contributed by atoms with Gasteiger partial charge in [0.15, 0.2) is 0 Å². The van der Waals surface area contributed by atoms with E-state index in [9.17, 15) is 20.3 Å². The van der Waals surface area contributed by atoms with Crippen LogP contribution in [0.5, 0.6) is 5.75 Å². The molecule has 2 aromatic carbocycles. The molecule has 0 radical (unpaired) electrons. The minimum absolute atomic E-state index is 0. The van der Waals surface area contributed by atoms with Gasteiger partial charge < -0.3 is 20.3 Å². The zero-order valence-corrected chi connectivity index (χ0v) is 17.6. The predicted molar refractivity (Wildman–Crippen MR) is 71.1 cm³/mol. The van der Waals surface area contributed by atoms with E-state index in [1.54, 1.807) is 24.3 Å². The first-order valence-electron chi connectivity index (χ1n) is 5.79. The summed E-state index contributed by atoms with van der Waals surface area (Å²) in [7, 11) is 0. The van der Waals surface area contributed by atoms with Gasteiger partial charge in [-0.3, -0.25) is 5.04 Å². The Morgan fingerprint density at radius 2 is 1.62 bits per heavy atom. The first-order valence-corrected chi connectivity index (χ1v) is 6.53. The minimum Gasteiger partial charge on any atom is -0.691 e. The van der Waals surface area contributed by atoms with Crippen molar-refractivity contribution in [1.82, 2.24) is 0 Å². The minimum atomic E-state index is -1.50. The number of aromatic hydroxyl groups is 1. The largest absolute Gasteiger partial charge is 1.00 e. The smallest absolute Gasteiger partial charge is 0.691 e. The average Bonchev–Trinajstić information content (AvgIpc) is 2.53. The Balaban J connectivity index is 0.00000264. The van der Waals surface area contributed by atoms with Gasteiger partial charge in [-0.2, -0.15) is 14.6 Å². The second-order valence-corrected chi connectivity index (χ2v) is 4.68. The number of nitrogens with zero attached hydrogens (tertiary/aromatic N) is 2. The average molecular weight is 366 g/mol. The maximum atomic E-state index is 10.8. The van der Waals surface area contributed by atoms with Gasteiger partial charge in [0.2, 0.25) is 0 Å². The fraction of sp³-hybridized carbons (Fsp3) is 0. The molecule has 0 aromatic heterocycles. The van der Waals surface area contributed by atoms with Crippen LogP contribution in [-0.4, -0.2) is 11.1 Å². The summed E-state index contributed by atoms with van der Waals surface area (Å²) < 4.78 is 4.16. The molecule has 0 heterocycles. The molecule has 11 heteroatoms. The molecular formula is C13H8N2Na2O6S. The molecule has 1 N–H and O–H groups in total. The summed E-state index contributed by atoms with van der Waals surface area (Å²) in [5, 5.41) is 40.8. The molecule has 2 aromatic rings. The molecule has 0 aliphatic carbocycles. The molecule has 0 saturated heterocycles. The van der Waals surface area contributed by atoms with Crippen LogP contribution in [0.25, 0.3) is 0 Å². The molecule has 0 fully saturated rings. The molecule has 0 saturated carbocycles. The normalized spacial score (nSPS) is 10.0. The summed E-state index contributed by atoms with van der Waals surface area (Å²) in [4.78, 5) is 11.4. The third-order valence-corrected chi connectivity index (χ3v) is 3.06. The number of aromatic carboxylic acids is 1. The first kappa shape index (κ1) is 23.5. The summed E-state index contributed by atoms with van der Waals surface area (Å²) in [5.74, 6) is -1.91. The third-order valence-electron chi connectivity index (χ3n) is 2.48. The van der Waals surface area contributed by atoms with Crippen LogP contribution >= 0.6 is 12.0 Å². The number of carboxylic acid groups (broad SMARTS) is 1. The van der Waals surface area contributed by atoms with Crippen molar-refractivity contribution >= 4 is 29.4 Å². The Kier molecular flexibility index (Phi) is 11.8. The van der Waals surface area contributed by atoms with Crippen LogP contribution in [0.2, 0.25) is 0 Å². The Labute approximate surface area is 185 Å². The molecule has 0 aliphatic rings. The Morgan fingerprint density at radius 1 is 1.04 bits per heavy atom. The zero-order valence-electron chi connectivity index (χ0n) is 12.8.